The summed E-state index contributed by atoms with van der Waals surface area (Å²) in [6.45, 7) is 3.03. The second kappa shape index (κ2) is 4.50. The number of ether oxygens (including phenoxy) is 2. The first kappa shape index (κ1) is 10.3. The summed E-state index contributed by atoms with van der Waals surface area (Å²) in [6, 6.07) is 0. The van der Waals surface area contributed by atoms with E-state index in [-0.39, 0.29) is 18.3 Å². The Morgan fingerprint density at radius 3 is 3.07 bits per heavy atom. The SMILES string of the molecule is CC(=O)Cc1nc(C2COCCO2)no1. The number of carbonyl (C=O) groups excluding carboxylic acids is 1. The molecular weight excluding hydrogens is 200 g/mol. The van der Waals surface area contributed by atoms with Gasteiger partial charge in [-0.15, -0.1) is 0 Å². The van der Waals surface area contributed by atoms with Gasteiger partial charge >= 0.3 is 0 Å². The minimum atomic E-state index is -0.275. The van der Waals surface area contributed by atoms with Gasteiger partial charge in [-0.2, -0.15) is 4.98 Å². The largest absolute Gasteiger partial charge is 0.376 e. The molecule has 1 saturated heterocycles. The van der Waals surface area contributed by atoms with Gasteiger partial charge in [-0.05, 0) is 6.92 Å². The normalized spacial score (nSPS) is 21.5. The van der Waals surface area contributed by atoms with Gasteiger partial charge in [0.15, 0.2) is 0 Å². The Labute approximate surface area is 86.6 Å². The fourth-order valence-electron chi connectivity index (χ4n) is 1.32. The third kappa shape index (κ3) is 2.60. The van der Waals surface area contributed by atoms with Crippen molar-refractivity contribution >= 4 is 5.78 Å². The zero-order valence-corrected chi connectivity index (χ0v) is 8.43. The van der Waals surface area contributed by atoms with Gasteiger partial charge in [0.25, 0.3) is 0 Å². The van der Waals surface area contributed by atoms with Crippen molar-refractivity contribution in [1.82, 2.24) is 10.1 Å². The zero-order valence-electron chi connectivity index (χ0n) is 8.43. The lowest BCUT2D eigenvalue weighted by atomic mass is 10.3. The topological polar surface area (TPSA) is 74.5 Å². The Morgan fingerprint density at radius 2 is 2.40 bits per heavy atom. The highest BCUT2D eigenvalue weighted by molar-refractivity contribution is 5.77. The highest BCUT2D eigenvalue weighted by Gasteiger charge is 2.22. The molecule has 1 aliphatic heterocycles. The summed E-state index contributed by atoms with van der Waals surface area (Å²) in [5.41, 5.74) is 0. The van der Waals surface area contributed by atoms with Gasteiger partial charge in [-0.1, -0.05) is 5.16 Å². The molecule has 1 fully saturated rings. The molecule has 0 bridgehead atoms. The molecule has 0 aliphatic carbocycles. The van der Waals surface area contributed by atoms with Crippen LogP contribution in [0.3, 0.4) is 0 Å². The molecule has 0 N–H and O–H groups in total. The summed E-state index contributed by atoms with van der Waals surface area (Å²) in [4.78, 5) is 14.9. The molecule has 0 saturated carbocycles. The predicted octanol–water partition coefficient (Wildman–Crippen LogP) is 0.289. The third-order valence-corrected chi connectivity index (χ3v) is 1.99. The first-order chi connectivity index (χ1) is 7.25. The minimum absolute atomic E-state index is 0.00832. The maximum atomic E-state index is 10.8. The molecule has 0 amide bonds. The van der Waals surface area contributed by atoms with Crippen LogP contribution < -0.4 is 0 Å². The number of hydrogen-bond donors (Lipinski definition) is 0. The molecule has 1 atom stereocenters. The summed E-state index contributed by atoms with van der Waals surface area (Å²) >= 11 is 0. The highest BCUT2D eigenvalue weighted by atomic mass is 16.6. The summed E-state index contributed by atoms with van der Waals surface area (Å²) < 4.78 is 15.5. The predicted molar refractivity (Wildman–Crippen MR) is 48.2 cm³/mol. The van der Waals surface area contributed by atoms with Gasteiger partial charge in [0.05, 0.1) is 26.2 Å². The van der Waals surface area contributed by atoms with E-state index in [1.165, 1.54) is 6.92 Å². The van der Waals surface area contributed by atoms with E-state index in [4.69, 9.17) is 14.0 Å². The minimum Gasteiger partial charge on any atom is -0.376 e. The van der Waals surface area contributed by atoms with Gasteiger partial charge in [0, 0.05) is 0 Å². The van der Waals surface area contributed by atoms with Crippen molar-refractivity contribution in [2.24, 2.45) is 0 Å². The number of ketones is 1. The third-order valence-electron chi connectivity index (χ3n) is 1.99. The summed E-state index contributed by atoms with van der Waals surface area (Å²) in [6.07, 6.45) is -0.108. The maximum Gasteiger partial charge on any atom is 0.234 e. The van der Waals surface area contributed by atoms with Crippen molar-refractivity contribution in [3.05, 3.63) is 11.7 Å². The van der Waals surface area contributed by atoms with Crippen molar-refractivity contribution in [2.45, 2.75) is 19.4 Å². The zero-order chi connectivity index (χ0) is 10.7. The molecule has 2 rings (SSSR count). The molecule has 1 aromatic rings. The van der Waals surface area contributed by atoms with Crippen molar-refractivity contribution in [3.63, 3.8) is 0 Å². The fraction of sp³-hybridized carbons (Fsp3) is 0.667. The first-order valence-corrected chi connectivity index (χ1v) is 4.77. The molecular formula is C9H12N2O4. The lowest BCUT2D eigenvalue weighted by molar-refractivity contribution is -0.116. The summed E-state index contributed by atoms with van der Waals surface area (Å²) in [5, 5.41) is 3.75. The monoisotopic (exact) mass is 212 g/mol. The number of Topliss-reactive ketones (excluding diaryl/α,β-unsaturated/α-hetero) is 1. The first-order valence-electron chi connectivity index (χ1n) is 4.77. The van der Waals surface area contributed by atoms with Crippen molar-refractivity contribution in [2.75, 3.05) is 19.8 Å². The number of aromatic nitrogens is 2. The van der Waals surface area contributed by atoms with Crippen LogP contribution in [0.2, 0.25) is 0 Å². The smallest absolute Gasteiger partial charge is 0.234 e. The lowest BCUT2D eigenvalue weighted by Gasteiger charge is -2.19. The Hall–Kier alpha value is -1.27. The standard InChI is InChI=1S/C9H12N2O4/c1-6(12)4-8-10-9(11-15-8)7-5-13-2-3-14-7/h7H,2-5H2,1H3. The van der Waals surface area contributed by atoms with Gasteiger partial charge in [0.1, 0.15) is 11.9 Å². The van der Waals surface area contributed by atoms with E-state index < -0.39 is 0 Å². The van der Waals surface area contributed by atoms with E-state index in [2.05, 4.69) is 10.1 Å². The van der Waals surface area contributed by atoms with Gasteiger partial charge in [0.2, 0.25) is 11.7 Å². The van der Waals surface area contributed by atoms with E-state index in [0.29, 0.717) is 31.5 Å². The maximum absolute atomic E-state index is 10.8. The summed E-state index contributed by atoms with van der Waals surface area (Å²) in [5.74, 6) is 0.767. The highest BCUT2D eigenvalue weighted by Crippen LogP contribution is 2.17. The van der Waals surface area contributed by atoms with Crippen LogP contribution in [0.4, 0.5) is 0 Å². The number of carbonyl (C=O) groups is 1. The Kier molecular flexibility index (Phi) is 3.08. The van der Waals surface area contributed by atoms with Crippen LogP contribution in [-0.4, -0.2) is 35.7 Å². The molecule has 82 valence electrons. The van der Waals surface area contributed by atoms with Crippen LogP contribution in [0.5, 0.6) is 0 Å². The molecule has 6 heteroatoms. The summed E-state index contributed by atoms with van der Waals surface area (Å²) in [7, 11) is 0. The van der Waals surface area contributed by atoms with Crippen LogP contribution in [0, 0.1) is 0 Å². The number of hydrogen-bond acceptors (Lipinski definition) is 6. The second-order valence-corrected chi connectivity index (χ2v) is 3.36. The van der Waals surface area contributed by atoms with Gasteiger partial charge in [-0.3, -0.25) is 4.79 Å². The molecule has 1 unspecified atom stereocenters. The molecule has 0 aromatic carbocycles. The lowest BCUT2D eigenvalue weighted by Crippen LogP contribution is -2.22. The van der Waals surface area contributed by atoms with Crippen LogP contribution in [0.25, 0.3) is 0 Å². The number of nitrogens with zero attached hydrogens (tertiary/aromatic N) is 2. The Bertz CT molecular complexity index is 344. The van der Waals surface area contributed by atoms with E-state index in [9.17, 15) is 4.79 Å². The average Bonchev–Trinajstić information content (AvgIpc) is 2.67. The van der Waals surface area contributed by atoms with E-state index in [0.717, 1.165) is 0 Å². The molecule has 2 heterocycles. The van der Waals surface area contributed by atoms with Crippen molar-refractivity contribution in [1.29, 1.82) is 0 Å². The molecule has 1 aromatic heterocycles. The molecule has 0 radical (unpaired) electrons. The quantitative estimate of drug-likeness (QED) is 0.716. The van der Waals surface area contributed by atoms with Crippen LogP contribution in [0.1, 0.15) is 24.7 Å². The van der Waals surface area contributed by atoms with E-state index >= 15 is 0 Å². The second-order valence-electron chi connectivity index (χ2n) is 3.36. The molecule has 0 spiro atoms. The van der Waals surface area contributed by atoms with Crippen LogP contribution in [-0.2, 0) is 20.7 Å². The van der Waals surface area contributed by atoms with Gasteiger partial charge in [-0.25, -0.2) is 0 Å². The van der Waals surface area contributed by atoms with Crippen LogP contribution >= 0.6 is 0 Å². The molecule has 6 nitrogen and oxygen atoms in total. The van der Waals surface area contributed by atoms with Crippen molar-refractivity contribution < 1.29 is 18.8 Å². The van der Waals surface area contributed by atoms with E-state index in [1.54, 1.807) is 0 Å². The fourth-order valence-corrected chi connectivity index (χ4v) is 1.32. The average molecular weight is 212 g/mol. The van der Waals surface area contributed by atoms with Crippen LogP contribution in [0.15, 0.2) is 4.52 Å². The van der Waals surface area contributed by atoms with Gasteiger partial charge < -0.3 is 14.0 Å². The molecule has 15 heavy (non-hydrogen) atoms. The van der Waals surface area contributed by atoms with E-state index in [1.807, 2.05) is 0 Å². The Balaban J connectivity index is 2.02. The number of rotatable bonds is 3. The Morgan fingerprint density at radius 1 is 1.53 bits per heavy atom. The van der Waals surface area contributed by atoms with Crippen molar-refractivity contribution in [3.8, 4) is 0 Å². The molecule has 1 aliphatic rings.